The number of hydrogen-bond acceptors (Lipinski definition) is 1. The number of hydrogen-bond donors (Lipinski definition) is 0. The minimum Gasteiger partial charge on any atom is -0.301 e. The van der Waals surface area contributed by atoms with E-state index in [0.717, 1.165) is 5.92 Å². The smallest absolute Gasteiger partial charge is 0.123 e. The van der Waals surface area contributed by atoms with Crippen LogP contribution in [-0.2, 0) is 0 Å². The van der Waals surface area contributed by atoms with Gasteiger partial charge in [-0.3, -0.25) is 0 Å². The third-order valence-electron chi connectivity index (χ3n) is 4.41. The van der Waals surface area contributed by atoms with Crippen molar-refractivity contribution in [2.75, 3.05) is 13.1 Å². The fraction of sp³-hybridized carbons (Fsp3) is 0.625. The Hall–Kier alpha value is -0.890. The van der Waals surface area contributed by atoms with Crippen LogP contribution in [-0.4, -0.2) is 24.0 Å². The first kappa shape index (κ1) is 13.5. The number of nitrogens with zero attached hydrogens (tertiary/aromatic N) is 1. The zero-order chi connectivity index (χ0) is 13.1. The van der Waals surface area contributed by atoms with Gasteiger partial charge >= 0.3 is 0 Å². The molecule has 0 bridgehead atoms. The molecule has 18 heavy (non-hydrogen) atoms. The van der Waals surface area contributed by atoms with Gasteiger partial charge in [0.1, 0.15) is 5.82 Å². The van der Waals surface area contributed by atoms with Crippen LogP contribution in [0.5, 0.6) is 0 Å². The molecule has 1 aliphatic rings. The summed E-state index contributed by atoms with van der Waals surface area (Å²) in [6, 6.07) is 7.69. The summed E-state index contributed by atoms with van der Waals surface area (Å²) in [5.74, 6) is 1.14. The van der Waals surface area contributed by atoms with E-state index in [2.05, 4.69) is 25.7 Å². The van der Waals surface area contributed by atoms with Crippen LogP contribution < -0.4 is 0 Å². The van der Waals surface area contributed by atoms with Gasteiger partial charge in [0.2, 0.25) is 0 Å². The van der Waals surface area contributed by atoms with E-state index >= 15 is 0 Å². The molecule has 0 saturated carbocycles. The Morgan fingerprint density at radius 3 is 2.11 bits per heavy atom. The Balaban J connectivity index is 1.95. The summed E-state index contributed by atoms with van der Waals surface area (Å²) in [7, 11) is 0. The highest BCUT2D eigenvalue weighted by molar-refractivity contribution is 5.20. The van der Waals surface area contributed by atoms with Gasteiger partial charge in [-0.05, 0) is 69.3 Å². The van der Waals surface area contributed by atoms with Gasteiger partial charge in [0.25, 0.3) is 0 Å². The monoisotopic (exact) mass is 249 g/mol. The lowest BCUT2D eigenvalue weighted by Crippen LogP contribution is -2.39. The molecule has 0 amide bonds. The molecule has 1 atom stereocenters. The highest BCUT2D eigenvalue weighted by Crippen LogP contribution is 2.32. The maximum atomic E-state index is 12.9. The summed E-state index contributed by atoms with van der Waals surface area (Å²) in [5.41, 5.74) is 1.28. The molecule has 100 valence electrons. The van der Waals surface area contributed by atoms with Crippen molar-refractivity contribution >= 4 is 0 Å². The third kappa shape index (κ3) is 3.11. The minimum absolute atomic E-state index is 0.138. The standard InChI is InChI=1S/C16H24FN/c1-12(2)18-10-8-15(9-11-18)13(3)14-4-6-16(17)7-5-14/h4-7,12-13,15H,8-11H2,1-3H3. The van der Waals surface area contributed by atoms with Gasteiger partial charge in [-0.2, -0.15) is 0 Å². The Kier molecular flexibility index (Phi) is 4.39. The molecule has 1 nitrogen and oxygen atoms in total. The van der Waals surface area contributed by atoms with E-state index in [1.54, 1.807) is 12.1 Å². The van der Waals surface area contributed by atoms with Gasteiger partial charge in [-0.1, -0.05) is 19.1 Å². The van der Waals surface area contributed by atoms with E-state index < -0.39 is 0 Å². The fourth-order valence-electron chi connectivity index (χ4n) is 2.97. The lowest BCUT2D eigenvalue weighted by atomic mass is 9.81. The minimum atomic E-state index is -0.138. The van der Waals surface area contributed by atoms with Crippen LogP contribution >= 0.6 is 0 Å². The zero-order valence-corrected chi connectivity index (χ0v) is 11.7. The number of likely N-dealkylation sites (tertiary alicyclic amines) is 1. The maximum Gasteiger partial charge on any atom is 0.123 e. The SMILES string of the molecule is CC(c1ccc(F)cc1)C1CCN(C(C)C)CC1. The lowest BCUT2D eigenvalue weighted by molar-refractivity contribution is 0.140. The van der Waals surface area contributed by atoms with Crippen LogP contribution in [0.4, 0.5) is 4.39 Å². The van der Waals surface area contributed by atoms with Gasteiger partial charge in [0, 0.05) is 6.04 Å². The first-order valence-corrected chi connectivity index (χ1v) is 7.07. The molecule has 0 spiro atoms. The molecule has 1 aromatic carbocycles. The van der Waals surface area contributed by atoms with Crippen molar-refractivity contribution in [3.63, 3.8) is 0 Å². The number of rotatable bonds is 3. The predicted octanol–water partition coefficient (Wildman–Crippen LogP) is 4.05. The summed E-state index contributed by atoms with van der Waals surface area (Å²) >= 11 is 0. The number of halogens is 1. The predicted molar refractivity (Wildman–Crippen MR) is 74.2 cm³/mol. The average Bonchev–Trinajstić information content (AvgIpc) is 2.39. The normalized spacial score (nSPS) is 20.3. The molecule has 1 fully saturated rings. The van der Waals surface area contributed by atoms with Gasteiger partial charge in [0.05, 0.1) is 0 Å². The molecule has 0 aromatic heterocycles. The molecule has 1 unspecified atom stereocenters. The third-order valence-corrected chi connectivity index (χ3v) is 4.41. The van der Waals surface area contributed by atoms with Crippen molar-refractivity contribution < 1.29 is 4.39 Å². The van der Waals surface area contributed by atoms with E-state index in [0.29, 0.717) is 12.0 Å². The summed E-state index contributed by atoms with van der Waals surface area (Å²) in [4.78, 5) is 2.55. The largest absolute Gasteiger partial charge is 0.301 e. The topological polar surface area (TPSA) is 3.24 Å². The van der Waals surface area contributed by atoms with Crippen LogP contribution in [0.15, 0.2) is 24.3 Å². The summed E-state index contributed by atoms with van der Waals surface area (Å²) in [5, 5.41) is 0. The molecule has 0 N–H and O–H groups in total. The Bertz CT molecular complexity index is 363. The molecule has 1 aromatic rings. The molecule has 1 aliphatic heterocycles. The first-order chi connectivity index (χ1) is 8.58. The van der Waals surface area contributed by atoms with Crippen LogP contribution in [0.25, 0.3) is 0 Å². The second kappa shape index (κ2) is 5.83. The second-order valence-electron chi connectivity index (χ2n) is 5.81. The lowest BCUT2D eigenvalue weighted by Gasteiger charge is -2.37. The van der Waals surface area contributed by atoms with E-state index in [4.69, 9.17) is 0 Å². The Labute approximate surface area is 110 Å². The van der Waals surface area contributed by atoms with Crippen molar-refractivity contribution in [3.05, 3.63) is 35.6 Å². The molecule has 0 aliphatic carbocycles. The van der Waals surface area contributed by atoms with Crippen molar-refractivity contribution in [3.8, 4) is 0 Å². The van der Waals surface area contributed by atoms with E-state index in [-0.39, 0.29) is 5.82 Å². The molecule has 2 heteroatoms. The van der Waals surface area contributed by atoms with E-state index in [1.165, 1.54) is 31.5 Å². The zero-order valence-electron chi connectivity index (χ0n) is 11.7. The molecule has 1 saturated heterocycles. The summed E-state index contributed by atoms with van der Waals surface area (Å²) in [6.07, 6.45) is 2.52. The summed E-state index contributed by atoms with van der Waals surface area (Å²) < 4.78 is 12.9. The maximum absolute atomic E-state index is 12.9. The van der Waals surface area contributed by atoms with Crippen molar-refractivity contribution in [2.45, 2.75) is 45.6 Å². The van der Waals surface area contributed by atoms with Crippen molar-refractivity contribution in [2.24, 2.45) is 5.92 Å². The number of piperidine rings is 1. The van der Waals surface area contributed by atoms with Crippen LogP contribution in [0.3, 0.4) is 0 Å². The Morgan fingerprint density at radius 2 is 1.61 bits per heavy atom. The highest BCUT2D eigenvalue weighted by atomic mass is 19.1. The molecule has 2 rings (SSSR count). The molecular weight excluding hydrogens is 225 g/mol. The quantitative estimate of drug-likeness (QED) is 0.781. The molecule has 1 heterocycles. The highest BCUT2D eigenvalue weighted by Gasteiger charge is 2.25. The van der Waals surface area contributed by atoms with Gasteiger partial charge in [-0.25, -0.2) is 4.39 Å². The molecule has 0 radical (unpaired) electrons. The van der Waals surface area contributed by atoms with Gasteiger partial charge in [0.15, 0.2) is 0 Å². The first-order valence-electron chi connectivity index (χ1n) is 7.07. The van der Waals surface area contributed by atoms with Gasteiger partial charge < -0.3 is 4.90 Å². The van der Waals surface area contributed by atoms with Crippen LogP contribution in [0.1, 0.15) is 45.1 Å². The molecular formula is C16H24FN. The Morgan fingerprint density at radius 1 is 1.06 bits per heavy atom. The van der Waals surface area contributed by atoms with Crippen molar-refractivity contribution in [1.29, 1.82) is 0 Å². The van der Waals surface area contributed by atoms with E-state index in [9.17, 15) is 4.39 Å². The van der Waals surface area contributed by atoms with Crippen LogP contribution in [0, 0.1) is 11.7 Å². The van der Waals surface area contributed by atoms with Gasteiger partial charge in [-0.15, -0.1) is 0 Å². The number of benzene rings is 1. The van der Waals surface area contributed by atoms with Crippen molar-refractivity contribution in [1.82, 2.24) is 4.90 Å². The summed E-state index contributed by atoms with van der Waals surface area (Å²) in [6.45, 7) is 9.22. The van der Waals surface area contributed by atoms with E-state index in [1.807, 2.05) is 12.1 Å². The fourth-order valence-corrected chi connectivity index (χ4v) is 2.97. The second-order valence-corrected chi connectivity index (χ2v) is 5.81. The van der Waals surface area contributed by atoms with Crippen LogP contribution in [0.2, 0.25) is 0 Å². The average molecular weight is 249 g/mol.